The smallest absolute Gasteiger partial charge is 0.355 e. The summed E-state index contributed by atoms with van der Waals surface area (Å²) < 4.78 is 5.83. The number of nitrogens with one attached hydrogen (secondary N) is 1. The van der Waals surface area contributed by atoms with Gasteiger partial charge in [-0.3, -0.25) is 0 Å². The lowest BCUT2D eigenvalue weighted by atomic mass is 9.47. The number of hydrogen-bond acceptors (Lipinski definition) is 9. The molecule has 0 spiro atoms. The normalized spacial score (nSPS) is 55.0. The van der Waals surface area contributed by atoms with Crippen LogP contribution in [-0.4, -0.2) is 87.1 Å². The van der Waals surface area contributed by atoms with Gasteiger partial charge in [-0.25, -0.2) is 4.79 Å². The second kappa shape index (κ2) is 6.72. The Morgan fingerprint density at radius 2 is 1.72 bits per heavy atom. The summed E-state index contributed by atoms with van der Waals surface area (Å²) in [6.07, 6.45) is -2.06. The van der Waals surface area contributed by atoms with Crippen LogP contribution in [0.5, 0.6) is 0 Å². The van der Waals surface area contributed by atoms with Crippen LogP contribution >= 0.6 is 0 Å². The Hall–Kier alpha value is -1.53. The van der Waals surface area contributed by atoms with E-state index in [4.69, 9.17) is 4.74 Å². The number of aromatic nitrogens is 1. The van der Waals surface area contributed by atoms with Gasteiger partial charge in [-0.15, -0.1) is 0 Å². The molecule has 10 nitrogen and oxygen atoms in total. The minimum absolute atomic E-state index is 0.0241. The molecule has 8 N–H and O–H groups in total. The third-order valence-corrected chi connectivity index (χ3v) is 11.6. The van der Waals surface area contributed by atoms with E-state index < -0.39 is 80.9 Å². The van der Waals surface area contributed by atoms with E-state index >= 15 is 0 Å². The van der Waals surface area contributed by atoms with E-state index in [1.807, 2.05) is 0 Å². The largest absolute Gasteiger partial charge is 0.451 e. The van der Waals surface area contributed by atoms with Gasteiger partial charge < -0.3 is 45.5 Å². The molecule has 0 amide bonds. The van der Waals surface area contributed by atoms with Gasteiger partial charge in [0.15, 0.2) is 11.9 Å². The van der Waals surface area contributed by atoms with Crippen LogP contribution in [-0.2, 0) is 4.74 Å². The van der Waals surface area contributed by atoms with Gasteiger partial charge >= 0.3 is 5.97 Å². The summed E-state index contributed by atoms with van der Waals surface area (Å²) >= 11 is 0. The summed E-state index contributed by atoms with van der Waals surface area (Å²) in [4.78, 5) is 15.9. The molecule has 4 bridgehead atoms. The number of ether oxygens (including phenoxy) is 1. The van der Waals surface area contributed by atoms with Crippen molar-refractivity contribution >= 4 is 5.97 Å². The van der Waals surface area contributed by atoms with Crippen molar-refractivity contribution in [1.82, 2.24) is 4.98 Å². The number of aromatic amines is 1. The maximum Gasteiger partial charge on any atom is 0.355 e. The number of rotatable bonds is 3. The third-order valence-electron chi connectivity index (χ3n) is 11.6. The van der Waals surface area contributed by atoms with Crippen molar-refractivity contribution in [1.29, 1.82) is 0 Å². The number of aliphatic hydroxyl groups is 7. The molecule has 5 rings (SSSR count). The highest BCUT2D eigenvalue weighted by atomic mass is 16.6. The fourth-order valence-electron chi connectivity index (χ4n) is 9.63. The molecule has 10 atom stereocenters. The van der Waals surface area contributed by atoms with Crippen LogP contribution in [0.3, 0.4) is 0 Å². The van der Waals surface area contributed by atoms with Crippen LogP contribution in [0.25, 0.3) is 0 Å². The highest BCUT2D eigenvalue weighted by Gasteiger charge is 3.04. The fraction of sp³-hybridized carbons (Fsp3) is 0.808. The quantitative estimate of drug-likeness (QED) is 0.206. The zero-order chi connectivity index (χ0) is 27.1. The van der Waals surface area contributed by atoms with E-state index in [-0.39, 0.29) is 12.1 Å². The lowest BCUT2D eigenvalue weighted by Crippen LogP contribution is -2.78. The average molecular weight is 510 g/mol. The zero-order valence-electron chi connectivity index (χ0n) is 21.6. The van der Waals surface area contributed by atoms with Crippen molar-refractivity contribution in [3.63, 3.8) is 0 Å². The third kappa shape index (κ3) is 2.04. The van der Waals surface area contributed by atoms with Gasteiger partial charge in [0.05, 0.1) is 22.5 Å². The van der Waals surface area contributed by atoms with Crippen molar-refractivity contribution in [2.24, 2.45) is 28.1 Å². The van der Waals surface area contributed by atoms with Gasteiger partial charge in [0.1, 0.15) is 22.5 Å². The Kier molecular flexibility index (Phi) is 4.87. The van der Waals surface area contributed by atoms with Crippen LogP contribution in [0.4, 0.5) is 0 Å². The molecule has 1 heterocycles. The van der Waals surface area contributed by atoms with Crippen LogP contribution in [0, 0.1) is 28.1 Å². The maximum absolute atomic E-state index is 13.2. The molecule has 0 radical (unpaired) electrons. The number of hydrogen-bond donors (Lipinski definition) is 8. The number of H-pyrrole nitrogens is 1. The van der Waals surface area contributed by atoms with Crippen molar-refractivity contribution in [2.75, 3.05) is 0 Å². The molecule has 0 aromatic carbocycles. The predicted molar refractivity (Wildman–Crippen MR) is 125 cm³/mol. The first-order chi connectivity index (χ1) is 16.3. The predicted octanol–water partition coefficient (Wildman–Crippen LogP) is 0.0420. The molecule has 0 saturated heterocycles. The van der Waals surface area contributed by atoms with E-state index in [0.29, 0.717) is 6.42 Å². The van der Waals surface area contributed by atoms with Crippen molar-refractivity contribution in [3.8, 4) is 0 Å². The Morgan fingerprint density at radius 1 is 1.11 bits per heavy atom. The van der Waals surface area contributed by atoms with E-state index in [2.05, 4.69) is 4.98 Å². The van der Waals surface area contributed by atoms with Gasteiger partial charge in [0.2, 0.25) is 0 Å². The Bertz CT molecular complexity index is 1110. The van der Waals surface area contributed by atoms with Crippen LogP contribution in [0.15, 0.2) is 18.3 Å². The standard InChI is InChI=1S/C26H39NO9/c1-13(2)24(33)18(36-17(29)15-8-7-11-27-15)25(34)19(4)12-23(31,32)21(24,6)26(25,35)20(5)16(28)14(3)9-10-22(19,20)30/h7-8,11,13-14,16,18,27-28,30-35H,9-10,12H2,1-6H3/t14-,16+,18+,19-,20+,21+,22-,24+,25+,26+/m0/s1. The summed E-state index contributed by atoms with van der Waals surface area (Å²) in [5, 5.41) is 85.5. The van der Waals surface area contributed by atoms with Gasteiger partial charge in [-0.1, -0.05) is 34.6 Å². The summed E-state index contributed by atoms with van der Waals surface area (Å²) in [5.41, 5.74) is -15.9. The second-order valence-electron chi connectivity index (χ2n) is 12.8. The first kappa shape index (κ1) is 26.1. The molecule has 36 heavy (non-hydrogen) atoms. The minimum atomic E-state index is -2.84. The van der Waals surface area contributed by atoms with Crippen molar-refractivity contribution in [2.45, 2.75) is 101 Å². The highest BCUT2D eigenvalue weighted by molar-refractivity contribution is 5.87. The van der Waals surface area contributed by atoms with E-state index in [0.717, 1.165) is 0 Å². The average Bonchev–Trinajstić information content (AvgIpc) is 3.38. The molecule has 10 heteroatoms. The fourth-order valence-corrected chi connectivity index (χ4v) is 9.63. The molecule has 1 aromatic rings. The van der Waals surface area contributed by atoms with Gasteiger partial charge in [0, 0.05) is 18.0 Å². The molecule has 0 aliphatic heterocycles. The zero-order valence-corrected chi connectivity index (χ0v) is 21.6. The van der Waals surface area contributed by atoms with Crippen LogP contribution in [0.1, 0.15) is 71.3 Å². The van der Waals surface area contributed by atoms with Gasteiger partial charge in [0.25, 0.3) is 0 Å². The molecule has 4 aliphatic rings. The summed E-state index contributed by atoms with van der Waals surface area (Å²) in [6, 6.07) is 3.01. The molecule has 202 valence electrons. The monoisotopic (exact) mass is 509 g/mol. The molecular weight excluding hydrogens is 470 g/mol. The van der Waals surface area contributed by atoms with E-state index in [1.54, 1.807) is 26.8 Å². The molecule has 4 fully saturated rings. The minimum Gasteiger partial charge on any atom is -0.451 e. The maximum atomic E-state index is 13.2. The van der Waals surface area contributed by atoms with E-state index in [1.165, 1.54) is 33.0 Å². The Balaban J connectivity index is 1.89. The number of carbonyl (C=O) groups excluding carboxylic acids is 1. The van der Waals surface area contributed by atoms with Gasteiger partial charge in [-0.2, -0.15) is 0 Å². The number of aliphatic hydroxyl groups excluding tert-OH is 1. The summed E-state index contributed by atoms with van der Waals surface area (Å²) in [7, 11) is 0. The van der Waals surface area contributed by atoms with Gasteiger partial charge in [-0.05, 0) is 43.7 Å². The first-order valence-electron chi connectivity index (χ1n) is 12.7. The highest BCUT2D eigenvalue weighted by Crippen LogP contribution is 2.87. The van der Waals surface area contributed by atoms with Crippen molar-refractivity contribution in [3.05, 3.63) is 24.0 Å². The number of esters is 1. The van der Waals surface area contributed by atoms with Crippen molar-refractivity contribution < 1.29 is 45.3 Å². The second-order valence-corrected chi connectivity index (χ2v) is 12.8. The summed E-state index contributed by atoms with van der Waals surface area (Å²) in [6.45, 7) is 8.96. The lowest BCUT2D eigenvalue weighted by molar-refractivity contribution is -0.385. The SMILES string of the molecule is CC(C)[C@@]1(O)[C@@H](OC(=O)c2ccc[nH]2)[C@@]2(O)[C@@]3(C)CC(O)(O)[C@@]1(C)[C@]2(O)[C@]1(C)[C@H](O)[C@@H](C)CC[C@]31O. The Morgan fingerprint density at radius 3 is 2.25 bits per heavy atom. The molecular formula is C26H39NO9. The van der Waals surface area contributed by atoms with Crippen LogP contribution < -0.4 is 0 Å². The molecule has 4 saturated carbocycles. The molecule has 0 unspecified atom stereocenters. The van der Waals surface area contributed by atoms with Crippen LogP contribution in [0.2, 0.25) is 0 Å². The molecule has 4 aliphatic carbocycles. The summed E-state index contributed by atoms with van der Waals surface area (Å²) in [5.74, 6) is -5.07. The molecule has 1 aromatic heterocycles. The van der Waals surface area contributed by atoms with E-state index in [9.17, 15) is 40.5 Å². The number of fused-ring (bicyclic) bond motifs is 2. The Labute approximate surface area is 209 Å². The lowest BCUT2D eigenvalue weighted by Gasteiger charge is -2.62. The number of carbonyl (C=O) groups is 1. The topological polar surface area (TPSA) is 184 Å². The first-order valence-corrected chi connectivity index (χ1v) is 12.7.